The maximum Gasteiger partial charge on any atom is 0.240 e. The summed E-state index contributed by atoms with van der Waals surface area (Å²) in [6, 6.07) is 6.24. The fraction of sp³-hybridized carbons (Fsp3) is 0.600. The number of aliphatic hydroxyl groups excluding tert-OH is 1. The first-order valence-electron chi connectivity index (χ1n) is 7.34. The summed E-state index contributed by atoms with van der Waals surface area (Å²) in [4.78, 5) is 0.241. The molecule has 1 aromatic carbocycles. The smallest absolute Gasteiger partial charge is 0.240 e. The van der Waals surface area contributed by atoms with Crippen LogP contribution in [0.1, 0.15) is 26.2 Å². The second-order valence-corrected chi connectivity index (χ2v) is 7.45. The standard InChI is InChI=1S/C15H23NO4S/c1-12-2-3-13(10-12)11-16-21(18,19)15-6-4-14(5-7-15)20-9-8-17/h4-7,12-13,16-17H,2-3,8-11H2,1H3. The van der Waals surface area contributed by atoms with Crippen LogP contribution in [0, 0.1) is 11.8 Å². The first-order valence-corrected chi connectivity index (χ1v) is 8.83. The van der Waals surface area contributed by atoms with Crippen LogP contribution < -0.4 is 9.46 Å². The predicted molar refractivity (Wildman–Crippen MR) is 80.7 cm³/mol. The molecule has 2 unspecified atom stereocenters. The Morgan fingerprint density at radius 1 is 1.29 bits per heavy atom. The van der Waals surface area contributed by atoms with E-state index in [0.29, 0.717) is 24.1 Å². The summed E-state index contributed by atoms with van der Waals surface area (Å²) in [5, 5.41) is 8.67. The molecule has 0 bridgehead atoms. The number of hydrogen-bond acceptors (Lipinski definition) is 4. The normalized spacial score (nSPS) is 22.4. The van der Waals surface area contributed by atoms with Crippen molar-refractivity contribution in [3.8, 4) is 5.75 Å². The fourth-order valence-corrected chi connectivity index (χ4v) is 3.82. The highest BCUT2D eigenvalue weighted by atomic mass is 32.2. The van der Waals surface area contributed by atoms with Crippen molar-refractivity contribution in [2.45, 2.75) is 31.1 Å². The summed E-state index contributed by atoms with van der Waals surface area (Å²) in [7, 11) is -3.46. The number of hydrogen-bond donors (Lipinski definition) is 2. The lowest BCUT2D eigenvalue weighted by Gasteiger charge is -2.12. The summed E-state index contributed by atoms with van der Waals surface area (Å²) in [5.41, 5.74) is 0. The molecule has 2 rings (SSSR count). The van der Waals surface area contributed by atoms with E-state index in [-0.39, 0.29) is 18.1 Å². The van der Waals surface area contributed by atoms with Crippen molar-refractivity contribution in [1.82, 2.24) is 4.72 Å². The Labute approximate surface area is 126 Å². The molecule has 1 aliphatic rings. The molecule has 0 saturated heterocycles. The molecule has 6 heteroatoms. The van der Waals surface area contributed by atoms with Gasteiger partial charge in [0.25, 0.3) is 0 Å². The molecule has 1 aliphatic carbocycles. The number of sulfonamides is 1. The molecular weight excluding hydrogens is 290 g/mol. The molecule has 1 aromatic rings. The average Bonchev–Trinajstić information content (AvgIpc) is 2.89. The lowest BCUT2D eigenvalue weighted by atomic mass is 10.1. The van der Waals surface area contributed by atoms with Gasteiger partial charge in [-0.2, -0.15) is 0 Å². The van der Waals surface area contributed by atoms with Crippen molar-refractivity contribution < 1.29 is 18.3 Å². The Morgan fingerprint density at radius 2 is 2.00 bits per heavy atom. The summed E-state index contributed by atoms with van der Waals surface area (Å²) in [5.74, 6) is 1.69. The van der Waals surface area contributed by atoms with Gasteiger partial charge in [-0.15, -0.1) is 0 Å². The van der Waals surface area contributed by atoms with E-state index in [1.807, 2.05) is 0 Å². The number of rotatable bonds is 7. The molecule has 0 aliphatic heterocycles. The van der Waals surface area contributed by atoms with Crippen LogP contribution in [0.2, 0.25) is 0 Å². The highest BCUT2D eigenvalue weighted by Gasteiger charge is 2.23. The van der Waals surface area contributed by atoms with E-state index in [0.717, 1.165) is 12.8 Å². The minimum atomic E-state index is -3.46. The van der Waals surface area contributed by atoms with Crippen LogP contribution in [-0.2, 0) is 10.0 Å². The molecule has 1 saturated carbocycles. The van der Waals surface area contributed by atoms with Gasteiger partial charge in [-0.1, -0.05) is 13.3 Å². The molecule has 118 valence electrons. The summed E-state index contributed by atoms with van der Waals surface area (Å²) < 4.78 is 32.3. The molecule has 0 spiro atoms. The maximum absolute atomic E-state index is 12.2. The van der Waals surface area contributed by atoms with E-state index in [1.165, 1.54) is 18.6 Å². The van der Waals surface area contributed by atoms with Crippen LogP contribution in [0.15, 0.2) is 29.2 Å². The van der Waals surface area contributed by atoms with E-state index in [4.69, 9.17) is 9.84 Å². The topological polar surface area (TPSA) is 75.6 Å². The minimum Gasteiger partial charge on any atom is -0.491 e. The molecule has 5 nitrogen and oxygen atoms in total. The number of benzene rings is 1. The summed E-state index contributed by atoms with van der Waals surface area (Å²) >= 11 is 0. The third-order valence-corrected chi connectivity index (χ3v) is 5.30. The Kier molecular flexibility index (Phi) is 5.61. The van der Waals surface area contributed by atoms with Crippen LogP contribution in [0.3, 0.4) is 0 Å². The van der Waals surface area contributed by atoms with Crippen molar-refractivity contribution in [3.05, 3.63) is 24.3 Å². The Balaban J connectivity index is 1.92. The van der Waals surface area contributed by atoms with E-state index in [9.17, 15) is 8.42 Å². The highest BCUT2D eigenvalue weighted by Crippen LogP contribution is 2.30. The van der Waals surface area contributed by atoms with Gasteiger partial charge in [0.1, 0.15) is 12.4 Å². The van der Waals surface area contributed by atoms with E-state index in [1.54, 1.807) is 12.1 Å². The van der Waals surface area contributed by atoms with Gasteiger partial charge in [0, 0.05) is 6.54 Å². The highest BCUT2D eigenvalue weighted by molar-refractivity contribution is 7.89. The van der Waals surface area contributed by atoms with E-state index < -0.39 is 10.0 Å². The second-order valence-electron chi connectivity index (χ2n) is 5.68. The van der Waals surface area contributed by atoms with Crippen LogP contribution in [0.5, 0.6) is 5.75 Å². The monoisotopic (exact) mass is 313 g/mol. The number of ether oxygens (including phenoxy) is 1. The first-order chi connectivity index (χ1) is 10.0. The van der Waals surface area contributed by atoms with Gasteiger partial charge in [-0.25, -0.2) is 13.1 Å². The van der Waals surface area contributed by atoms with Crippen molar-refractivity contribution in [1.29, 1.82) is 0 Å². The zero-order valence-electron chi connectivity index (χ0n) is 12.3. The number of aliphatic hydroxyl groups is 1. The SMILES string of the molecule is CC1CCC(CNS(=O)(=O)c2ccc(OCCO)cc2)C1. The molecular formula is C15H23NO4S. The maximum atomic E-state index is 12.2. The second kappa shape index (κ2) is 7.24. The largest absolute Gasteiger partial charge is 0.491 e. The molecule has 0 radical (unpaired) electrons. The van der Waals surface area contributed by atoms with Gasteiger partial charge < -0.3 is 9.84 Å². The summed E-state index contributed by atoms with van der Waals surface area (Å²) in [6.07, 6.45) is 3.37. The first kappa shape index (κ1) is 16.3. The van der Waals surface area contributed by atoms with Gasteiger partial charge in [0.05, 0.1) is 11.5 Å². The van der Waals surface area contributed by atoms with Crippen LogP contribution in [0.25, 0.3) is 0 Å². The average molecular weight is 313 g/mol. The molecule has 0 amide bonds. The third kappa shape index (κ3) is 4.69. The zero-order valence-corrected chi connectivity index (χ0v) is 13.1. The third-order valence-electron chi connectivity index (χ3n) is 3.86. The molecule has 2 atom stereocenters. The van der Waals surface area contributed by atoms with Crippen molar-refractivity contribution >= 4 is 10.0 Å². The summed E-state index contributed by atoms with van der Waals surface area (Å²) in [6.45, 7) is 2.85. The van der Waals surface area contributed by atoms with Gasteiger partial charge in [0.15, 0.2) is 0 Å². The van der Waals surface area contributed by atoms with E-state index >= 15 is 0 Å². The Hall–Kier alpha value is -1.11. The van der Waals surface area contributed by atoms with Crippen molar-refractivity contribution in [3.63, 3.8) is 0 Å². The van der Waals surface area contributed by atoms with Crippen molar-refractivity contribution in [2.24, 2.45) is 11.8 Å². The number of nitrogens with one attached hydrogen (secondary N) is 1. The molecule has 21 heavy (non-hydrogen) atoms. The zero-order chi connectivity index (χ0) is 15.3. The Morgan fingerprint density at radius 3 is 2.57 bits per heavy atom. The van der Waals surface area contributed by atoms with E-state index in [2.05, 4.69) is 11.6 Å². The van der Waals surface area contributed by atoms with Gasteiger partial charge >= 0.3 is 0 Å². The van der Waals surface area contributed by atoms with Crippen LogP contribution >= 0.6 is 0 Å². The lowest BCUT2D eigenvalue weighted by molar-refractivity contribution is 0.201. The molecule has 2 N–H and O–H groups in total. The Bertz CT molecular complexity index is 541. The van der Waals surface area contributed by atoms with Gasteiger partial charge in [-0.3, -0.25) is 0 Å². The van der Waals surface area contributed by atoms with Gasteiger partial charge in [-0.05, 0) is 48.9 Å². The van der Waals surface area contributed by atoms with Crippen molar-refractivity contribution in [2.75, 3.05) is 19.8 Å². The van der Waals surface area contributed by atoms with Crippen LogP contribution in [-0.4, -0.2) is 33.3 Å². The molecule has 0 aromatic heterocycles. The molecule has 0 heterocycles. The van der Waals surface area contributed by atoms with Gasteiger partial charge in [0.2, 0.25) is 10.0 Å². The quantitative estimate of drug-likeness (QED) is 0.804. The van der Waals surface area contributed by atoms with Crippen LogP contribution in [0.4, 0.5) is 0 Å². The molecule has 1 fully saturated rings. The lowest BCUT2D eigenvalue weighted by Crippen LogP contribution is -2.28. The minimum absolute atomic E-state index is 0.0680. The predicted octanol–water partition coefficient (Wildman–Crippen LogP) is 1.77. The fourth-order valence-electron chi connectivity index (χ4n) is 2.70.